The van der Waals surface area contributed by atoms with Gasteiger partial charge in [-0.3, -0.25) is 23.2 Å². The molecule has 0 saturated carbocycles. The molecule has 0 bridgehead atoms. The van der Waals surface area contributed by atoms with Gasteiger partial charge in [0, 0.05) is 12.8 Å². The highest BCUT2D eigenvalue weighted by atomic mass is 31.2. The van der Waals surface area contributed by atoms with Crippen LogP contribution in [-0.4, -0.2) is 104 Å². The standard InChI is InChI=1S/C48H78O16P2/c1-3-5-7-8-9-10-11-12-13-14-15-16-17-18-19-20-21-26-30-36-47(53)60-40-44(41-63-66(58,59)62-39-43(50)38-61-65(55,56)57)64-48(54)37-31-35-46(52)45(51)34-29-25-23-22-24-28-33-42(49)32-27-6-4-2/h6,9-10,12-13,15-16,18-19,22-25,27-29,33-34,42-46,49-52H,3-5,7-8,11,14,17,20-21,26,30-32,35-41H2,1-2H3,(H,58,59)(H2,55,56,57)/b10-9-,13-12-,16-15-,19-18-,24-22+,25-23-,27-6-,33-28+,34-29-/t42-,43-,44+,45+,46+/m0/s1. The number of aliphatic hydroxyl groups excluding tert-OH is 4. The van der Waals surface area contributed by atoms with Crippen LogP contribution in [0.4, 0.5) is 0 Å². The number of hydrogen-bond donors (Lipinski definition) is 7. The fourth-order valence-electron chi connectivity index (χ4n) is 5.38. The topological polar surface area (TPSA) is 256 Å². The highest BCUT2D eigenvalue weighted by molar-refractivity contribution is 7.47. The number of phosphoric acid groups is 2. The molecule has 0 aromatic heterocycles. The molecule has 0 fully saturated rings. The minimum Gasteiger partial charge on any atom is -0.462 e. The van der Waals surface area contributed by atoms with Crippen molar-refractivity contribution in [3.05, 3.63) is 109 Å². The van der Waals surface area contributed by atoms with Crippen molar-refractivity contribution >= 4 is 27.6 Å². The normalized spacial score (nSPS) is 16.3. The Bertz CT molecular complexity index is 1630. The van der Waals surface area contributed by atoms with Gasteiger partial charge in [-0.2, -0.15) is 0 Å². The average Bonchev–Trinajstić information content (AvgIpc) is 3.27. The second-order valence-electron chi connectivity index (χ2n) is 15.2. The maximum atomic E-state index is 12.7. The fraction of sp³-hybridized carbons (Fsp3) is 0.583. The van der Waals surface area contributed by atoms with Crippen molar-refractivity contribution in [3.63, 3.8) is 0 Å². The second kappa shape index (κ2) is 41.8. The van der Waals surface area contributed by atoms with E-state index in [9.17, 15) is 44.0 Å². The van der Waals surface area contributed by atoms with Crippen molar-refractivity contribution in [3.8, 4) is 0 Å². The van der Waals surface area contributed by atoms with E-state index in [1.165, 1.54) is 25.3 Å². The number of carbonyl (C=O) groups excluding carboxylic acids is 2. The van der Waals surface area contributed by atoms with Gasteiger partial charge < -0.3 is 44.6 Å². The summed E-state index contributed by atoms with van der Waals surface area (Å²) >= 11 is 0. The summed E-state index contributed by atoms with van der Waals surface area (Å²) in [6, 6.07) is 0. The van der Waals surface area contributed by atoms with Crippen molar-refractivity contribution in [1.82, 2.24) is 0 Å². The van der Waals surface area contributed by atoms with E-state index in [-0.39, 0.29) is 25.7 Å². The summed E-state index contributed by atoms with van der Waals surface area (Å²) in [6.45, 7) is 1.09. The lowest BCUT2D eigenvalue weighted by Gasteiger charge is -2.21. The average molecular weight is 973 g/mol. The smallest absolute Gasteiger partial charge is 0.462 e. The molecule has 0 radical (unpaired) electrons. The third kappa shape index (κ3) is 43.2. The van der Waals surface area contributed by atoms with Gasteiger partial charge in [-0.15, -0.1) is 0 Å². The van der Waals surface area contributed by atoms with Crippen molar-refractivity contribution in [2.45, 2.75) is 154 Å². The lowest BCUT2D eigenvalue weighted by molar-refractivity contribution is -0.161. The first-order valence-corrected chi connectivity index (χ1v) is 25.9. The first-order chi connectivity index (χ1) is 31.6. The fourth-order valence-corrected chi connectivity index (χ4v) is 6.53. The van der Waals surface area contributed by atoms with Crippen molar-refractivity contribution < 1.29 is 76.9 Å². The number of aliphatic hydroxyl groups is 4. The number of hydrogen-bond acceptors (Lipinski definition) is 13. The Labute approximate surface area is 392 Å². The van der Waals surface area contributed by atoms with E-state index in [0.29, 0.717) is 12.8 Å². The summed E-state index contributed by atoms with van der Waals surface area (Å²) in [6.07, 6.45) is 40.2. The van der Waals surface area contributed by atoms with Crippen LogP contribution in [0.15, 0.2) is 109 Å². The number of phosphoric ester groups is 2. The Morgan fingerprint density at radius 1 is 0.561 bits per heavy atom. The first-order valence-electron chi connectivity index (χ1n) is 22.9. The maximum absolute atomic E-state index is 12.7. The van der Waals surface area contributed by atoms with Crippen molar-refractivity contribution in [2.24, 2.45) is 0 Å². The highest BCUT2D eigenvalue weighted by Crippen LogP contribution is 2.43. The molecular weight excluding hydrogens is 894 g/mol. The van der Waals surface area contributed by atoms with Crippen molar-refractivity contribution in [2.75, 3.05) is 26.4 Å². The molecule has 6 atom stereocenters. The van der Waals surface area contributed by atoms with Gasteiger partial charge in [0.15, 0.2) is 6.10 Å². The molecule has 0 saturated heterocycles. The van der Waals surface area contributed by atoms with E-state index in [1.54, 1.807) is 42.5 Å². The van der Waals surface area contributed by atoms with E-state index in [2.05, 4.69) is 64.6 Å². The molecule has 0 aliphatic heterocycles. The maximum Gasteiger partial charge on any atom is 0.472 e. The number of ether oxygens (including phenoxy) is 2. The predicted octanol–water partition coefficient (Wildman–Crippen LogP) is 8.81. The summed E-state index contributed by atoms with van der Waals surface area (Å²) in [4.78, 5) is 52.8. The molecule has 18 heteroatoms. The summed E-state index contributed by atoms with van der Waals surface area (Å²) in [7, 11) is -9.84. The van der Waals surface area contributed by atoms with Gasteiger partial charge in [0.2, 0.25) is 0 Å². The number of allylic oxidation sites excluding steroid dienone is 15. The Balaban J connectivity index is 4.88. The first kappa shape index (κ1) is 62.7. The van der Waals surface area contributed by atoms with Gasteiger partial charge >= 0.3 is 27.6 Å². The summed E-state index contributed by atoms with van der Waals surface area (Å²) < 4.78 is 47.5. The van der Waals surface area contributed by atoms with E-state index in [0.717, 1.165) is 51.4 Å². The van der Waals surface area contributed by atoms with Crippen LogP contribution in [0.25, 0.3) is 0 Å². The van der Waals surface area contributed by atoms with Crippen LogP contribution < -0.4 is 0 Å². The van der Waals surface area contributed by atoms with E-state index < -0.39 is 84.5 Å². The molecule has 0 heterocycles. The molecule has 0 aromatic carbocycles. The highest BCUT2D eigenvalue weighted by Gasteiger charge is 2.28. The second-order valence-corrected chi connectivity index (χ2v) is 17.8. The summed E-state index contributed by atoms with van der Waals surface area (Å²) in [5.74, 6) is -1.41. The minimum absolute atomic E-state index is 0.0110. The van der Waals surface area contributed by atoms with E-state index >= 15 is 0 Å². The van der Waals surface area contributed by atoms with Gasteiger partial charge in [-0.25, -0.2) is 9.13 Å². The molecular formula is C48H78O16P2. The Kier molecular flexibility index (Phi) is 39.7. The molecule has 0 aromatic rings. The Morgan fingerprint density at radius 3 is 1.71 bits per heavy atom. The Morgan fingerprint density at radius 2 is 1.11 bits per heavy atom. The molecule has 0 aliphatic carbocycles. The van der Waals surface area contributed by atoms with Gasteiger partial charge in [0.25, 0.3) is 0 Å². The molecule has 7 N–H and O–H groups in total. The quantitative estimate of drug-likeness (QED) is 0.00993. The lowest BCUT2D eigenvalue weighted by Crippen LogP contribution is -2.30. The van der Waals surface area contributed by atoms with Gasteiger partial charge in [-0.05, 0) is 77.0 Å². The zero-order chi connectivity index (χ0) is 49.2. The monoisotopic (exact) mass is 972 g/mol. The van der Waals surface area contributed by atoms with E-state index in [1.807, 2.05) is 19.1 Å². The molecule has 1 unspecified atom stereocenters. The molecule has 0 spiro atoms. The number of rotatable bonds is 41. The zero-order valence-electron chi connectivity index (χ0n) is 38.8. The van der Waals surface area contributed by atoms with Gasteiger partial charge in [0.05, 0.1) is 38.1 Å². The number of unbranched alkanes of at least 4 members (excludes halogenated alkanes) is 6. The molecule has 376 valence electrons. The van der Waals surface area contributed by atoms with Crippen LogP contribution in [0.3, 0.4) is 0 Å². The van der Waals surface area contributed by atoms with Crippen molar-refractivity contribution in [1.29, 1.82) is 0 Å². The minimum atomic E-state index is -4.92. The van der Waals surface area contributed by atoms with Crippen LogP contribution in [0.1, 0.15) is 123 Å². The summed E-state index contributed by atoms with van der Waals surface area (Å²) in [5, 5.41) is 40.3. The SMILES string of the molecule is CC/C=C\C[C@H](O)/C=C/C=C/C=C\C=C/[C@@H](O)[C@H](O)CCCC(=O)O[C@H](COC(=O)CCCCC/C=C\C/C=C\C/C=C\C/C=C\CCCCC)COP(=O)(O)OC[C@@H](O)COP(=O)(O)O. The van der Waals surface area contributed by atoms with Crippen LogP contribution >= 0.6 is 15.6 Å². The van der Waals surface area contributed by atoms with Crippen LogP contribution in [0.5, 0.6) is 0 Å². The predicted molar refractivity (Wildman–Crippen MR) is 257 cm³/mol. The molecule has 0 amide bonds. The summed E-state index contributed by atoms with van der Waals surface area (Å²) in [5.41, 5.74) is 0. The van der Waals surface area contributed by atoms with Crippen LogP contribution in [-0.2, 0) is 41.8 Å². The van der Waals surface area contributed by atoms with Crippen LogP contribution in [0, 0.1) is 0 Å². The lowest BCUT2D eigenvalue weighted by atomic mass is 10.1. The van der Waals surface area contributed by atoms with Gasteiger partial charge in [0.1, 0.15) is 12.7 Å². The van der Waals surface area contributed by atoms with E-state index in [4.69, 9.17) is 23.8 Å². The third-order valence-corrected chi connectivity index (χ3v) is 10.4. The number of esters is 2. The molecule has 0 aliphatic rings. The number of carbonyl (C=O) groups is 2. The molecule has 0 rings (SSSR count). The van der Waals surface area contributed by atoms with Gasteiger partial charge in [-0.1, -0.05) is 142 Å². The third-order valence-electron chi connectivity index (χ3n) is 8.98. The largest absolute Gasteiger partial charge is 0.472 e. The zero-order valence-corrected chi connectivity index (χ0v) is 40.6. The molecule has 66 heavy (non-hydrogen) atoms. The Hall–Kier alpha value is -3.34. The van der Waals surface area contributed by atoms with Crippen LogP contribution in [0.2, 0.25) is 0 Å². The molecule has 16 nitrogen and oxygen atoms in total.